The Labute approximate surface area is 90.3 Å². The van der Waals surface area contributed by atoms with Gasteiger partial charge in [-0.15, -0.1) is 0 Å². The summed E-state index contributed by atoms with van der Waals surface area (Å²) < 4.78 is 0. The number of benzene rings is 1. The highest BCUT2D eigenvalue weighted by Crippen LogP contribution is 2.20. The van der Waals surface area contributed by atoms with E-state index >= 15 is 0 Å². The lowest BCUT2D eigenvalue weighted by atomic mass is 10.1. The number of rotatable bonds is 5. The first kappa shape index (κ1) is 11.7. The van der Waals surface area contributed by atoms with Gasteiger partial charge in [0.25, 0.3) is 0 Å². The molecule has 0 aromatic heterocycles. The van der Waals surface area contributed by atoms with Crippen LogP contribution in [0.3, 0.4) is 0 Å². The van der Waals surface area contributed by atoms with E-state index in [1.54, 1.807) is 6.07 Å². The van der Waals surface area contributed by atoms with Gasteiger partial charge >= 0.3 is 0 Å². The minimum absolute atomic E-state index is 0.190. The second-order valence-electron chi connectivity index (χ2n) is 3.61. The molecular weight excluding hydrogens is 190 g/mol. The van der Waals surface area contributed by atoms with E-state index in [9.17, 15) is 0 Å². The van der Waals surface area contributed by atoms with Crippen molar-refractivity contribution in [3.8, 4) is 0 Å². The molecule has 0 bridgehead atoms. The summed E-state index contributed by atoms with van der Waals surface area (Å²) in [5, 5.41) is 12.2. The highest BCUT2D eigenvalue weighted by atomic mass is 16.3. The topological polar surface area (TPSA) is 84.3 Å². The van der Waals surface area contributed by atoms with Crippen molar-refractivity contribution in [2.75, 3.05) is 23.4 Å². The molecule has 15 heavy (non-hydrogen) atoms. The summed E-state index contributed by atoms with van der Waals surface area (Å²) in [6.45, 7) is 2.27. The normalized spacial score (nSPS) is 12.4. The van der Waals surface area contributed by atoms with Gasteiger partial charge in [-0.1, -0.05) is 6.92 Å². The lowest BCUT2D eigenvalue weighted by molar-refractivity contribution is 0.278. The largest absolute Gasteiger partial charge is 0.397 e. The van der Waals surface area contributed by atoms with Gasteiger partial charge in [0, 0.05) is 18.3 Å². The highest BCUT2D eigenvalue weighted by molar-refractivity contribution is 5.69. The van der Waals surface area contributed by atoms with E-state index in [0.29, 0.717) is 11.4 Å². The first-order valence-electron chi connectivity index (χ1n) is 5.19. The van der Waals surface area contributed by atoms with Gasteiger partial charge in [-0.2, -0.15) is 0 Å². The van der Waals surface area contributed by atoms with Gasteiger partial charge in [-0.3, -0.25) is 0 Å². The third-order valence-electron chi connectivity index (χ3n) is 2.43. The molecule has 0 fully saturated rings. The molecule has 0 amide bonds. The molecule has 4 nitrogen and oxygen atoms in total. The summed E-state index contributed by atoms with van der Waals surface area (Å²) in [6.07, 6.45) is 1.70. The first-order valence-corrected chi connectivity index (χ1v) is 5.19. The molecule has 0 radical (unpaired) electrons. The molecule has 1 unspecified atom stereocenters. The molecule has 6 N–H and O–H groups in total. The molecule has 0 aliphatic heterocycles. The molecule has 0 spiro atoms. The third-order valence-corrected chi connectivity index (χ3v) is 2.43. The zero-order valence-corrected chi connectivity index (χ0v) is 9.03. The molecule has 1 atom stereocenters. The fourth-order valence-electron chi connectivity index (χ4n) is 1.43. The number of aliphatic hydroxyl groups excluding tert-OH is 1. The summed E-state index contributed by atoms with van der Waals surface area (Å²) in [7, 11) is 0. The van der Waals surface area contributed by atoms with Crippen LogP contribution in [0.1, 0.15) is 19.8 Å². The van der Waals surface area contributed by atoms with Gasteiger partial charge in [0.2, 0.25) is 0 Å². The monoisotopic (exact) mass is 209 g/mol. The van der Waals surface area contributed by atoms with Gasteiger partial charge in [-0.05, 0) is 31.0 Å². The van der Waals surface area contributed by atoms with E-state index in [0.717, 1.165) is 18.5 Å². The van der Waals surface area contributed by atoms with Crippen LogP contribution >= 0.6 is 0 Å². The summed E-state index contributed by atoms with van der Waals surface area (Å²) in [6, 6.07) is 5.77. The smallest absolute Gasteiger partial charge is 0.0568 e. The molecule has 0 saturated heterocycles. The Hall–Kier alpha value is -1.42. The molecule has 1 aromatic carbocycles. The molecule has 84 valence electrons. The molecular formula is C11H19N3O. The Balaban J connectivity index is 2.66. The Bertz CT molecular complexity index is 315. The van der Waals surface area contributed by atoms with Crippen LogP contribution in [0.4, 0.5) is 17.1 Å². The zero-order chi connectivity index (χ0) is 11.3. The fraction of sp³-hybridized carbons (Fsp3) is 0.455. The molecule has 1 rings (SSSR count). The maximum absolute atomic E-state index is 8.86. The average Bonchev–Trinajstić information content (AvgIpc) is 2.23. The van der Waals surface area contributed by atoms with Gasteiger partial charge < -0.3 is 21.9 Å². The average molecular weight is 209 g/mol. The first-order chi connectivity index (χ1) is 7.17. The van der Waals surface area contributed by atoms with E-state index in [1.165, 1.54) is 0 Å². The Kier molecular flexibility index (Phi) is 4.24. The van der Waals surface area contributed by atoms with Crippen LogP contribution in [0.25, 0.3) is 0 Å². The van der Waals surface area contributed by atoms with Crippen molar-refractivity contribution >= 4 is 17.1 Å². The summed E-state index contributed by atoms with van der Waals surface area (Å²) in [5.41, 5.74) is 13.4. The predicted molar refractivity (Wildman–Crippen MR) is 64.7 cm³/mol. The van der Waals surface area contributed by atoms with Crippen LogP contribution in [0.5, 0.6) is 0 Å². The maximum atomic E-state index is 8.86. The number of aliphatic hydroxyl groups is 1. The van der Waals surface area contributed by atoms with Crippen molar-refractivity contribution in [1.29, 1.82) is 0 Å². The van der Waals surface area contributed by atoms with Gasteiger partial charge in [-0.25, -0.2) is 0 Å². The second-order valence-corrected chi connectivity index (χ2v) is 3.61. The fourth-order valence-corrected chi connectivity index (χ4v) is 1.43. The van der Waals surface area contributed by atoms with Crippen LogP contribution in [0.15, 0.2) is 18.2 Å². The van der Waals surface area contributed by atoms with E-state index in [-0.39, 0.29) is 12.6 Å². The van der Waals surface area contributed by atoms with Crippen LogP contribution in [-0.4, -0.2) is 17.8 Å². The number of nitrogens with two attached hydrogens (primary N) is 2. The Morgan fingerprint density at radius 2 is 2.07 bits per heavy atom. The number of anilines is 3. The number of nitrogen functional groups attached to an aromatic ring is 2. The Morgan fingerprint density at radius 1 is 1.33 bits per heavy atom. The van der Waals surface area contributed by atoms with Crippen molar-refractivity contribution in [2.24, 2.45) is 0 Å². The Morgan fingerprint density at radius 3 is 2.60 bits per heavy atom. The number of hydrogen-bond acceptors (Lipinski definition) is 4. The lowest BCUT2D eigenvalue weighted by Gasteiger charge is -2.17. The number of nitrogens with one attached hydrogen (secondary N) is 1. The molecule has 0 saturated carbocycles. The van der Waals surface area contributed by atoms with Crippen molar-refractivity contribution in [1.82, 2.24) is 0 Å². The lowest BCUT2D eigenvalue weighted by Crippen LogP contribution is -2.19. The molecule has 0 aliphatic carbocycles. The van der Waals surface area contributed by atoms with Gasteiger partial charge in [0.15, 0.2) is 0 Å². The van der Waals surface area contributed by atoms with Crippen LogP contribution in [0, 0.1) is 0 Å². The summed E-state index contributed by atoms with van der Waals surface area (Å²) in [4.78, 5) is 0. The van der Waals surface area contributed by atoms with E-state index in [2.05, 4.69) is 12.2 Å². The molecule has 0 aliphatic rings. The zero-order valence-electron chi connectivity index (χ0n) is 9.03. The van der Waals surface area contributed by atoms with Crippen molar-refractivity contribution in [3.63, 3.8) is 0 Å². The van der Waals surface area contributed by atoms with E-state index < -0.39 is 0 Å². The quantitative estimate of drug-likeness (QED) is 0.553. The SMILES string of the molecule is CCC(CCO)Nc1ccc(N)c(N)c1. The maximum Gasteiger partial charge on any atom is 0.0568 e. The van der Waals surface area contributed by atoms with Gasteiger partial charge in [0.05, 0.1) is 11.4 Å². The summed E-state index contributed by atoms with van der Waals surface area (Å²) in [5.74, 6) is 0. The second kappa shape index (κ2) is 5.46. The summed E-state index contributed by atoms with van der Waals surface area (Å²) >= 11 is 0. The minimum atomic E-state index is 0.190. The van der Waals surface area contributed by atoms with Crippen molar-refractivity contribution in [2.45, 2.75) is 25.8 Å². The molecule has 4 heteroatoms. The molecule has 1 aromatic rings. The highest BCUT2D eigenvalue weighted by Gasteiger charge is 2.05. The van der Waals surface area contributed by atoms with Crippen molar-refractivity contribution < 1.29 is 5.11 Å². The van der Waals surface area contributed by atoms with E-state index in [1.807, 2.05) is 12.1 Å². The van der Waals surface area contributed by atoms with Crippen molar-refractivity contribution in [3.05, 3.63) is 18.2 Å². The predicted octanol–water partition coefficient (Wildman–Crippen LogP) is 1.42. The molecule has 0 heterocycles. The van der Waals surface area contributed by atoms with Crippen LogP contribution in [-0.2, 0) is 0 Å². The van der Waals surface area contributed by atoms with Crippen LogP contribution < -0.4 is 16.8 Å². The third kappa shape index (κ3) is 3.32. The standard InChI is InChI=1S/C11H19N3O/c1-2-8(5-6-15)14-9-3-4-10(12)11(13)7-9/h3-4,7-8,14-15H,2,5-6,12-13H2,1H3. The minimum Gasteiger partial charge on any atom is -0.397 e. The van der Waals surface area contributed by atoms with Gasteiger partial charge in [0.1, 0.15) is 0 Å². The van der Waals surface area contributed by atoms with Crippen LogP contribution in [0.2, 0.25) is 0 Å². The number of hydrogen-bond donors (Lipinski definition) is 4. The van der Waals surface area contributed by atoms with E-state index in [4.69, 9.17) is 16.6 Å².